The van der Waals surface area contributed by atoms with Crippen molar-refractivity contribution in [2.45, 2.75) is 37.6 Å². The molecule has 1 heterocycles. The van der Waals surface area contributed by atoms with Gasteiger partial charge >= 0.3 is 0 Å². The SMILES string of the molecule is CC1(C)c2ccccc2-c2cc3c(cc21)C1(C)C=CC=CC1N3. The third-order valence-corrected chi connectivity index (χ3v) is 6.12. The van der Waals surface area contributed by atoms with Gasteiger partial charge in [-0.2, -0.15) is 0 Å². The van der Waals surface area contributed by atoms with E-state index in [9.17, 15) is 0 Å². The third-order valence-electron chi connectivity index (χ3n) is 6.12. The molecule has 1 N–H and O–H groups in total. The van der Waals surface area contributed by atoms with Crippen molar-refractivity contribution < 1.29 is 0 Å². The highest BCUT2D eigenvalue weighted by Gasteiger charge is 2.44. The first-order valence-corrected chi connectivity index (χ1v) is 8.43. The number of anilines is 1. The maximum atomic E-state index is 3.73. The van der Waals surface area contributed by atoms with Crippen LogP contribution < -0.4 is 5.32 Å². The van der Waals surface area contributed by atoms with E-state index in [0.717, 1.165) is 0 Å². The molecule has 1 heteroatoms. The number of fused-ring (bicyclic) bond motifs is 6. The monoisotopic (exact) mass is 299 g/mol. The molecular formula is C22H21N. The normalized spacial score (nSPS) is 27.9. The van der Waals surface area contributed by atoms with Crippen molar-refractivity contribution in [3.05, 3.63) is 77.4 Å². The molecule has 5 rings (SSSR count). The molecule has 3 aliphatic rings. The van der Waals surface area contributed by atoms with Crippen molar-refractivity contribution in [2.24, 2.45) is 0 Å². The van der Waals surface area contributed by atoms with Crippen LogP contribution in [0.3, 0.4) is 0 Å². The first-order valence-electron chi connectivity index (χ1n) is 8.43. The highest BCUT2D eigenvalue weighted by molar-refractivity contribution is 5.85. The lowest BCUT2D eigenvalue weighted by atomic mass is 9.74. The minimum absolute atomic E-state index is 0.0595. The highest BCUT2D eigenvalue weighted by Crippen LogP contribution is 2.53. The summed E-state index contributed by atoms with van der Waals surface area (Å²) in [5, 5.41) is 3.73. The van der Waals surface area contributed by atoms with E-state index in [4.69, 9.17) is 0 Å². The van der Waals surface area contributed by atoms with Crippen molar-refractivity contribution in [3.8, 4) is 11.1 Å². The van der Waals surface area contributed by atoms with Crippen LogP contribution in [0.15, 0.2) is 60.7 Å². The molecule has 0 saturated carbocycles. The summed E-state index contributed by atoms with van der Waals surface area (Å²) >= 11 is 0. The Morgan fingerprint density at radius 1 is 0.870 bits per heavy atom. The second kappa shape index (κ2) is 3.97. The number of benzene rings is 2. The minimum Gasteiger partial charge on any atom is -0.377 e. The van der Waals surface area contributed by atoms with E-state index in [-0.39, 0.29) is 10.8 Å². The van der Waals surface area contributed by atoms with E-state index in [0.29, 0.717) is 6.04 Å². The van der Waals surface area contributed by atoms with Gasteiger partial charge in [0.15, 0.2) is 0 Å². The quantitative estimate of drug-likeness (QED) is 0.707. The molecule has 0 radical (unpaired) electrons. The maximum Gasteiger partial charge on any atom is 0.0577 e. The second-order valence-electron chi connectivity index (χ2n) is 7.76. The van der Waals surface area contributed by atoms with Gasteiger partial charge in [-0.05, 0) is 40.8 Å². The van der Waals surface area contributed by atoms with Crippen molar-refractivity contribution in [3.63, 3.8) is 0 Å². The molecule has 0 fully saturated rings. The molecule has 1 nitrogen and oxygen atoms in total. The third kappa shape index (κ3) is 1.48. The predicted molar refractivity (Wildman–Crippen MR) is 97.0 cm³/mol. The van der Waals surface area contributed by atoms with Gasteiger partial charge in [0.1, 0.15) is 0 Å². The number of allylic oxidation sites excluding steroid dienone is 2. The molecule has 1 aliphatic heterocycles. The van der Waals surface area contributed by atoms with Crippen LogP contribution in [0.2, 0.25) is 0 Å². The van der Waals surface area contributed by atoms with Crippen LogP contribution in [0.1, 0.15) is 37.5 Å². The Bertz CT molecular complexity index is 900. The van der Waals surface area contributed by atoms with Crippen LogP contribution in [-0.2, 0) is 10.8 Å². The fraction of sp³-hybridized carbons (Fsp3) is 0.273. The Hall–Kier alpha value is -2.28. The van der Waals surface area contributed by atoms with E-state index < -0.39 is 0 Å². The molecule has 2 unspecified atom stereocenters. The van der Waals surface area contributed by atoms with E-state index in [1.807, 2.05) is 0 Å². The molecule has 23 heavy (non-hydrogen) atoms. The van der Waals surface area contributed by atoms with Crippen LogP contribution in [0, 0.1) is 0 Å². The zero-order valence-corrected chi connectivity index (χ0v) is 13.9. The molecule has 2 aliphatic carbocycles. The zero-order chi connectivity index (χ0) is 15.8. The van der Waals surface area contributed by atoms with Gasteiger partial charge in [-0.3, -0.25) is 0 Å². The zero-order valence-electron chi connectivity index (χ0n) is 13.9. The molecule has 2 aromatic carbocycles. The van der Waals surface area contributed by atoms with E-state index in [1.165, 1.54) is 33.5 Å². The summed E-state index contributed by atoms with van der Waals surface area (Å²) in [7, 11) is 0. The smallest absolute Gasteiger partial charge is 0.0577 e. The Labute approximate surface area is 137 Å². The minimum atomic E-state index is 0.0595. The molecule has 0 amide bonds. The number of hydrogen-bond acceptors (Lipinski definition) is 1. The standard InChI is InChI=1S/C22H21N/c1-21(2)16-9-5-4-8-14(16)15-12-19-18(13-17(15)21)22(3)11-7-6-10-20(22)23-19/h4-13,20,23H,1-3H3. The summed E-state index contributed by atoms with van der Waals surface area (Å²) < 4.78 is 0. The predicted octanol–water partition coefficient (Wildman–Crippen LogP) is 5.17. The van der Waals surface area contributed by atoms with Crippen molar-refractivity contribution in [1.29, 1.82) is 0 Å². The van der Waals surface area contributed by atoms with Gasteiger partial charge in [-0.25, -0.2) is 0 Å². The topological polar surface area (TPSA) is 12.0 Å². The first-order chi connectivity index (χ1) is 11.0. The van der Waals surface area contributed by atoms with Crippen LogP contribution in [-0.4, -0.2) is 6.04 Å². The van der Waals surface area contributed by atoms with E-state index in [2.05, 4.69) is 86.8 Å². The summed E-state index contributed by atoms with van der Waals surface area (Å²) in [5.41, 5.74) is 8.55. The van der Waals surface area contributed by atoms with Crippen LogP contribution >= 0.6 is 0 Å². The lowest BCUT2D eigenvalue weighted by Crippen LogP contribution is -2.33. The molecule has 2 aromatic rings. The molecule has 0 saturated heterocycles. The molecular weight excluding hydrogens is 278 g/mol. The second-order valence-corrected chi connectivity index (χ2v) is 7.76. The van der Waals surface area contributed by atoms with E-state index >= 15 is 0 Å². The lowest BCUT2D eigenvalue weighted by molar-refractivity contribution is 0.575. The summed E-state index contributed by atoms with van der Waals surface area (Å²) in [6.45, 7) is 7.05. The Morgan fingerprint density at radius 3 is 2.57 bits per heavy atom. The molecule has 2 atom stereocenters. The van der Waals surface area contributed by atoms with Crippen LogP contribution in [0.4, 0.5) is 5.69 Å². The van der Waals surface area contributed by atoms with Crippen LogP contribution in [0.25, 0.3) is 11.1 Å². The van der Waals surface area contributed by atoms with Gasteiger partial charge in [0.05, 0.1) is 6.04 Å². The fourth-order valence-electron chi connectivity index (χ4n) is 4.67. The van der Waals surface area contributed by atoms with Crippen molar-refractivity contribution in [1.82, 2.24) is 0 Å². The van der Waals surface area contributed by atoms with Crippen molar-refractivity contribution in [2.75, 3.05) is 5.32 Å². The van der Waals surface area contributed by atoms with Gasteiger partial charge in [0.2, 0.25) is 0 Å². The average molecular weight is 299 g/mol. The van der Waals surface area contributed by atoms with Crippen LogP contribution in [0.5, 0.6) is 0 Å². The fourth-order valence-corrected chi connectivity index (χ4v) is 4.67. The van der Waals surface area contributed by atoms with Gasteiger partial charge in [0, 0.05) is 16.5 Å². The van der Waals surface area contributed by atoms with Gasteiger partial charge in [0.25, 0.3) is 0 Å². The Kier molecular flexibility index (Phi) is 2.28. The first kappa shape index (κ1) is 13.2. The van der Waals surface area contributed by atoms with Crippen molar-refractivity contribution >= 4 is 5.69 Å². The molecule has 0 aromatic heterocycles. The number of hydrogen-bond donors (Lipinski definition) is 1. The highest BCUT2D eigenvalue weighted by atomic mass is 15.0. The lowest BCUT2D eigenvalue weighted by Gasteiger charge is -2.29. The summed E-state index contributed by atoms with van der Waals surface area (Å²) in [5.74, 6) is 0. The molecule has 0 spiro atoms. The van der Waals surface area contributed by atoms with E-state index in [1.54, 1.807) is 0 Å². The summed E-state index contributed by atoms with van der Waals surface area (Å²) in [6.07, 6.45) is 8.96. The van der Waals surface area contributed by atoms with Gasteiger partial charge in [-0.1, -0.05) is 68.5 Å². The number of nitrogens with one attached hydrogen (secondary N) is 1. The Balaban J connectivity index is 1.79. The van der Waals surface area contributed by atoms with Gasteiger partial charge < -0.3 is 5.32 Å². The number of rotatable bonds is 0. The van der Waals surface area contributed by atoms with Gasteiger partial charge in [-0.15, -0.1) is 0 Å². The average Bonchev–Trinajstić information content (AvgIpc) is 2.96. The summed E-state index contributed by atoms with van der Waals surface area (Å²) in [6, 6.07) is 14.1. The molecule has 0 bridgehead atoms. The Morgan fingerprint density at radius 2 is 1.70 bits per heavy atom. The molecule has 114 valence electrons. The maximum absolute atomic E-state index is 3.73. The summed E-state index contributed by atoms with van der Waals surface area (Å²) in [4.78, 5) is 0. The largest absolute Gasteiger partial charge is 0.377 e.